The Morgan fingerprint density at radius 1 is 0.897 bits per heavy atom. The maximum absolute atomic E-state index is 13.6. The second-order valence-electron chi connectivity index (χ2n) is 9.90. The lowest BCUT2D eigenvalue weighted by atomic mass is 10.0. The second-order valence-corrected chi connectivity index (χ2v) is 9.90. The fourth-order valence-corrected chi connectivity index (χ4v) is 4.98. The van der Waals surface area contributed by atoms with Crippen molar-refractivity contribution in [1.29, 1.82) is 0 Å². The van der Waals surface area contributed by atoms with Crippen LogP contribution in [0.1, 0.15) is 31.5 Å². The van der Waals surface area contributed by atoms with Crippen LogP contribution >= 0.6 is 0 Å². The Bertz CT molecular complexity index is 1450. The molecule has 0 aliphatic carbocycles. The Morgan fingerprint density at radius 2 is 1.59 bits per heavy atom. The van der Waals surface area contributed by atoms with Crippen molar-refractivity contribution in [3.63, 3.8) is 0 Å². The number of nitrogens with zero attached hydrogens (tertiary/aromatic N) is 5. The topological polar surface area (TPSA) is 84.6 Å². The van der Waals surface area contributed by atoms with Gasteiger partial charge in [-0.2, -0.15) is 5.10 Å². The summed E-state index contributed by atoms with van der Waals surface area (Å²) in [4.78, 5) is 30.7. The molecular weight excluding hydrogens is 492 g/mol. The van der Waals surface area contributed by atoms with E-state index in [9.17, 15) is 9.59 Å². The first-order chi connectivity index (χ1) is 18.9. The van der Waals surface area contributed by atoms with Crippen molar-refractivity contribution in [3.8, 4) is 11.4 Å². The van der Waals surface area contributed by atoms with Gasteiger partial charge < -0.3 is 15.0 Å². The third-order valence-electron chi connectivity index (χ3n) is 7.06. The molecule has 4 aromatic rings. The van der Waals surface area contributed by atoms with Gasteiger partial charge in [-0.1, -0.05) is 36.4 Å². The van der Waals surface area contributed by atoms with Crippen molar-refractivity contribution in [2.75, 3.05) is 43.5 Å². The van der Waals surface area contributed by atoms with Crippen molar-refractivity contribution < 1.29 is 9.53 Å². The van der Waals surface area contributed by atoms with Crippen molar-refractivity contribution in [2.45, 2.75) is 25.9 Å². The zero-order valence-corrected chi connectivity index (χ0v) is 22.5. The first-order valence-corrected chi connectivity index (χ1v) is 13.2. The molecule has 1 atom stereocenters. The molecule has 1 unspecified atom stereocenters. The fourth-order valence-electron chi connectivity index (χ4n) is 4.98. The standard InChI is InChI=1S/C30H34N6O3/c1-22(2)36-30(38)35(21-31-36)26-14-12-25(13-15-26)33-16-18-34(19-17-33)28(23-8-5-4-6-9-23)29(37)32-24-10-7-11-27(20-24)39-3/h4-15,20-22,28H,16-19H2,1-3H3,(H,32,37). The molecule has 0 spiro atoms. The molecule has 5 rings (SSSR count). The number of piperazine rings is 1. The predicted molar refractivity (Wildman–Crippen MR) is 153 cm³/mol. The van der Waals surface area contributed by atoms with E-state index in [2.05, 4.69) is 20.2 Å². The zero-order chi connectivity index (χ0) is 27.4. The van der Waals surface area contributed by atoms with Crippen LogP contribution in [0.15, 0.2) is 90.0 Å². The number of carbonyl (C=O) groups is 1. The van der Waals surface area contributed by atoms with E-state index in [1.54, 1.807) is 18.0 Å². The van der Waals surface area contributed by atoms with Gasteiger partial charge >= 0.3 is 5.69 Å². The van der Waals surface area contributed by atoms with Crippen LogP contribution in [-0.2, 0) is 4.79 Å². The van der Waals surface area contributed by atoms with E-state index >= 15 is 0 Å². The lowest BCUT2D eigenvalue weighted by Crippen LogP contribution is -2.50. The molecule has 1 fully saturated rings. The molecule has 9 nitrogen and oxygen atoms in total. The van der Waals surface area contributed by atoms with Gasteiger partial charge in [-0.15, -0.1) is 0 Å². The lowest BCUT2D eigenvalue weighted by Gasteiger charge is -2.39. The molecule has 1 aliphatic rings. The van der Waals surface area contributed by atoms with Gasteiger partial charge in [0.1, 0.15) is 18.1 Å². The summed E-state index contributed by atoms with van der Waals surface area (Å²) in [5.74, 6) is 0.627. The predicted octanol–water partition coefficient (Wildman–Crippen LogP) is 4.13. The van der Waals surface area contributed by atoms with E-state index in [1.807, 2.05) is 92.7 Å². The summed E-state index contributed by atoms with van der Waals surface area (Å²) in [7, 11) is 1.61. The summed E-state index contributed by atoms with van der Waals surface area (Å²) in [5.41, 5.74) is 3.39. The van der Waals surface area contributed by atoms with Crippen molar-refractivity contribution >= 4 is 17.3 Å². The smallest absolute Gasteiger partial charge is 0.350 e. The number of hydrogen-bond donors (Lipinski definition) is 1. The first-order valence-electron chi connectivity index (χ1n) is 13.2. The van der Waals surface area contributed by atoms with Gasteiger partial charge in [-0.25, -0.2) is 14.0 Å². The van der Waals surface area contributed by atoms with E-state index in [4.69, 9.17) is 4.74 Å². The zero-order valence-electron chi connectivity index (χ0n) is 22.5. The number of nitrogens with one attached hydrogen (secondary N) is 1. The van der Waals surface area contributed by atoms with Crippen LogP contribution < -0.4 is 20.6 Å². The highest BCUT2D eigenvalue weighted by molar-refractivity contribution is 5.95. The van der Waals surface area contributed by atoms with E-state index in [-0.39, 0.29) is 17.6 Å². The third kappa shape index (κ3) is 5.73. The molecule has 0 saturated carbocycles. The van der Waals surface area contributed by atoms with Crippen LogP contribution in [-0.4, -0.2) is 58.4 Å². The summed E-state index contributed by atoms with van der Waals surface area (Å²) in [6.07, 6.45) is 1.57. The maximum atomic E-state index is 13.6. The van der Waals surface area contributed by atoms with Crippen molar-refractivity contribution in [1.82, 2.24) is 19.2 Å². The maximum Gasteiger partial charge on any atom is 0.350 e. The number of methoxy groups -OCH3 is 1. The van der Waals surface area contributed by atoms with Crippen LogP contribution in [0.5, 0.6) is 5.75 Å². The molecule has 1 amide bonds. The van der Waals surface area contributed by atoms with E-state index in [1.165, 1.54) is 4.68 Å². The van der Waals surface area contributed by atoms with Crippen molar-refractivity contribution in [2.24, 2.45) is 0 Å². The minimum atomic E-state index is -0.411. The lowest BCUT2D eigenvalue weighted by molar-refractivity contribution is -0.121. The van der Waals surface area contributed by atoms with Crippen LogP contribution in [0.2, 0.25) is 0 Å². The van der Waals surface area contributed by atoms with Crippen molar-refractivity contribution in [3.05, 3.63) is 101 Å². The number of rotatable bonds is 8. The molecular formula is C30H34N6O3. The number of anilines is 2. The average molecular weight is 527 g/mol. The summed E-state index contributed by atoms with van der Waals surface area (Å²) < 4.78 is 8.35. The Kier molecular flexibility index (Phi) is 7.79. The fraction of sp³-hybridized carbons (Fsp3) is 0.300. The number of benzene rings is 3. The number of ether oxygens (including phenoxy) is 1. The van der Waals surface area contributed by atoms with Gasteiger partial charge in [0.15, 0.2) is 0 Å². The molecule has 39 heavy (non-hydrogen) atoms. The van der Waals surface area contributed by atoms with Gasteiger partial charge in [0.05, 0.1) is 18.8 Å². The highest BCUT2D eigenvalue weighted by Crippen LogP contribution is 2.27. The van der Waals surface area contributed by atoms with Crippen LogP contribution in [0.4, 0.5) is 11.4 Å². The minimum Gasteiger partial charge on any atom is -0.497 e. The van der Waals surface area contributed by atoms with E-state index in [0.29, 0.717) is 11.4 Å². The SMILES string of the molecule is COc1cccc(NC(=O)C(c2ccccc2)N2CCN(c3ccc(-n4cnn(C(C)C)c4=O)cc3)CC2)c1. The summed E-state index contributed by atoms with van der Waals surface area (Å²) in [5, 5.41) is 7.30. The van der Waals surface area contributed by atoms with E-state index < -0.39 is 6.04 Å². The summed E-state index contributed by atoms with van der Waals surface area (Å²) in [6.45, 7) is 6.89. The van der Waals surface area contributed by atoms with Gasteiger partial charge in [-0.3, -0.25) is 9.69 Å². The molecule has 0 radical (unpaired) electrons. The second kappa shape index (κ2) is 11.6. The van der Waals surface area contributed by atoms with Gasteiger partial charge in [0.2, 0.25) is 5.91 Å². The number of carbonyl (C=O) groups excluding carboxylic acids is 1. The van der Waals surface area contributed by atoms with Crippen LogP contribution in [0.25, 0.3) is 5.69 Å². The van der Waals surface area contributed by atoms with Gasteiger partial charge in [0, 0.05) is 43.6 Å². The molecule has 202 valence electrons. The molecule has 0 bridgehead atoms. The van der Waals surface area contributed by atoms with Gasteiger partial charge in [0.25, 0.3) is 0 Å². The Balaban J connectivity index is 1.28. The molecule has 9 heteroatoms. The normalized spacial score (nSPS) is 14.8. The van der Waals surface area contributed by atoms with Gasteiger partial charge in [-0.05, 0) is 55.8 Å². The summed E-state index contributed by atoms with van der Waals surface area (Å²) >= 11 is 0. The number of hydrogen-bond acceptors (Lipinski definition) is 6. The Hall–Kier alpha value is -4.37. The molecule has 3 aromatic carbocycles. The average Bonchev–Trinajstić information content (AvgIpc) is 3.36. The Morgan fingerprint density at radius 3 is 2.23 bits per heavy atom. The van der Waals surface area contributed by atoms with E-state index in [0.717, 1.165) is 43.1 Å². The molecule has 2 heterocycles. The monoisotopic (exact) mass is 526 g/mol. The Labute approximate surface area is 228 Å². The van der Waals surface area contributed by atoms with Crippen LogP contribution in [0, 0.1) is 0 Å². The number of aromatic nitrogens is 3. The summed E-state index contributed by atoms with van der Waals surface area (Å²) in [6, 6.07) is 24.9. The quantitative estimate of drug-likeness (QED) is 0.372. The highest BCUT2D eigenvalue weighted by Gasteiger charge is 2.30. The number of amides is 1. The molecule has 1 N–H and O–H groups in total. The third-order valence-corrected chi connectivity index (χ3v) is 7.06. The first kappa shape index (κ1) is 26.2. The minimum absolute atomic E-state index is 0.00614. The highest BCUT2D eigenvalue weighted by atomic mass is 16.5. The molecule has 1 aromatic heterocycles. The van der Waals surface area contributed by atoms with Crippen LogP contribution in [0.3, 0.4) is 0 Å². The largest absolute Gasteiger partial charge is 0.497 e. The molecule has 1 aliphatic heterocycles. The molecule has 1 saturated heterocycles.